The van der Waals surface area contributed by atoms with E-state index in [-0.39, 0.29) is 24.0 Å². The Morgan fingerprint density at radius 3 is 2.79 bits per heavy atom. The number of guanidine groups is 1. The first-order chi connectivity index (χ1) is 13.2. The minimum atomic E-state index is 0. The van der Waals surface area contributed by atoms with Crippen molar-refractivity contribution in [1.29, 1.82) is 0 Å². The van der Waals surface area contributed by atoms with Crippen LogP contribution in [0.4, 0.5) is 0 Å². The predicted molar refractivity (Wildman–Crippen MR) is 128 cm³/mol. The van der Waals surface area contributed by atoms with Crippen LogP contribution in [0.5, 0.6) is 0 Å². The lowest BCUT2D eigenvalue weighted by molar-refractivity contribution is 0.632. The lowest BCUT2D eigenvalue weighted by Crippen LogP contribution is -2.39. The van der Waals surface area contributed by atoms with Crippen LogP contribution in [0.15, 0.2) is 28.8 Å². The molecule has 28 heavy (non-hydrogen) atoms. The summed E-state index contributed by atoms with van der Waals surface area (Å²) in [5.74, 6) is 1.82. The molecule has 7 nitrogen and oxygen atoms in total. The van der Waals surface area contributed by atoms with Crippen molar-refractivity contribution in [1.82, 2.24) is 30.4 Å². The molecule has 10 heteroatoms. The van der Waals surface area contributed by atoms with E-state index in [9.17, 15) is 0 Å². The molecule has 0 atom stereocenters. The van der Waals surface area contributed by atoms with Gasteiger partial charge in [0.25, 0.3) is 0 Å². The highest BCUT2D eigenvalue weighted by atomic mass is 127. The average Bonchev–Trinajstić information content (AvgIpc) is 3.40. The zero-order valence-corrected chi connectivity index (χ0v) is 20.3. The molecular weight excluding hydrogens is 505 g/mol. The summed E-state index contributed by atoms with van der Waals surface area (Å²) in [7, 11) is 1.79. The maximum absolute atomic E-state index is 4.56. The second-order valence-corrected chi connectivity index (χ2v) is 8.22. The number of halogens is 1. The molecule has 0 aliphatic rings. The molecule has 0 saturated heterocycles. The van der Waals surface area contributed by atoms with Crippen molar-refractivity contribution in [2.45, 2.75) is 33.2 Å². The molecule has 0 aromatic carbocycles. The maximum atomic E-state index is 4.56. The summed E-state index contributed by atoms with van der Waals surface area (Å²) in [5.41, 5.74) is 1.08. The van der Waals surface area contributed by atoms with Gasteiger partial charge in [0.05, 0.1) is 15.6 Å². The normalized spacial score (nSPS) is 11.3. The van der Waals surface area contributed by atoms with Gasteiger partial charge in [0, 0.05) is 43.4 Å². The molecule has 2 N–H and O–H groups in total. The topological polar surface area (TPSA) is 80.0 Å². The first-order valence-electron chi connectivity index (χ1n) is 9.02. The molecule has 0 spiro atoms. The summed E-state index contributed by atoms with van der Waals surface area (Å²) in [4.78, 5) is 11.4. The van der Waals surface area contributed by atoms with Crippen LogP contribution in [0.2, 0.25) is 0 Å². The predicted octanol–water partition coefficient (Wildman–Crippen LogP) is 3.36. The number of aliphatic imine (C=N–C) groups is 1. The Hall–Kier alpha value is -1.53. The van der Waals surface area contributed by atoms with E-state index < -0.39 is 0 Å². The number of nitrogens with zero attached hydrogens (tertiary/aromatic N) is 5. The Labute approximate surface area is 190 Å². The van der Waals surface area contributed by atoms with E-state index in [4.69, 9.17) is 0 Å². The Bertz CT molecular complexity index is 884. The zero-order chi connectivity index (χ0) is 19.1. The van der Waals surface area contributed by atoms with Crippen molar-refractivity contribution in [3.05, 3.63) is 39.5 Å². The van der Waals surface area contributed by atoms with Crippen LogP contribution in [0.1, 0.15) is 22.6 Å². The van der Waals surface area contributed by atoms with E-state index in [0.29, 0.717) is 0 Å². The van der Waals surface area contributed by atoms with Gasteiger partial charge in [-0.25, -0.2) is 4.98 Å². The highest BCUT2D eigenvalue weighted by Gasteiger charge is 2.07. The van der Waals surface area contributed by atoms with Crippen molar-refractivity contribution in [3.8, 4) is 10.6 Å². The molecule has 3 heterocycles. The van der Waals surface area contributed by atoms with Gasteiger partial charge in [-0.3, -0.25) is 4.99 Å². The molecule has 0 amide bonds. The van der Waals surface area contributed by atoms with Gasteiger partial charge in [-0.15, -0.1) is 56.8 Å². The molecule has 152 valence electrons. The first kappa shape index (κ1) is 22.8. The van der Waals surface area contributed by atoms with Crippen LogP contribution in [0.3, 0.4) is 0 Å². The van der Waals surface area contributed by atoms with Gasteiger partial charge in [0.1, 0.15) is 12.2 Å². The molecule has 0 unspecified atom stereocenters. The van der Waals surface area contributed by atoms with Gasteiger partial charge in [-0.05, 0) is 25.5 Å². The number of thiazole rings is 1. The van der Waals surface area contributed by atoms with Gasteiger partial charge in [-0.1, -0.05) is 6.92 Å². The van der Waals surface area contributed by atoms with E-state index in [1.165, 1.54) is 9.75 Å². The van der Waals surface area contributed by atoms with Gasteiger partial charge in [-0.2, -0.15) is 0 Å². The third kappa shape index (κ3) is 6.24. The van der Waals surface area contributed by atoms with Gasteiger partial charge < -0.3 is 15.2 Å². The van der Waals surface area contributed by atoms with Crippen molar-refractivity contribution in [3.63, 3.8) is 0 Å². The van der Waals surface area contributed by atoms with Crippen LogP contribution >= 0.6 is 46.7 Å². The van der Waals surface area contributed by atoms with E-state index in [1.54, 1.807) is 36.0 Å². The summed E-state index contributed by atoms with van der Waals surface area (Å²) >= 11 is 3.50. The molecule has 0 fully saturated rings. The van der Waals surface area contributed by atoms with Crippen molar-refractivity contribution in [2.75, 3.05) is 20.1 Å². The van der Waals surface area contributed by atoms with Gasteiger partial charge in [0.2, 0.25) is 0 Å². The molecule has 3 aromatic rings. The fourth-order valence-electron chi connectivity index (χ4n) is 2.69. The summed E-state index contributed by atoms with van der Waals surface area (Å²) in [6.45, 7) is 6.55. The Balaban J connectivity index is 0.00000280. The zero-order valence-electron chi connectivity index (χ0n) is 16.3. The number of hydrogen-bond acceptors (Lipinski definition) is 6. The Morgan fingerprint density at radius 2 is 2.07 bits per heavy atom. The van der Waals surface area contributed by atoms with E-state index >= 15 is 0 Å². The number of rotatable bonds is 8. The van der Waals surface area contributed by atoms with Crippen LogP contribution in [0, 0.1) is 6.92 Å². The van der Waals surface area contributed by atoms with Crippen LogP contribution < -0.4 is 10.6 Å². The van der Waals surface area contributed by atoms with Crippen LogP contribution in [0.25, 0.3) is 10.6 Å². The van der Waals surface area contributed by atoms with E-state index in [2.05, 4.69) is 59.8 Å². The molecule has 0 aliphatic heterocycles. The second kappa shape index (κ2) is 11.5. The molecule has 3 aromatic heterocycles. The first-order valence-corrected chi connectivity index (χ1v) is 10.7. The van der Waals surface area contributed by atoms with E-state index in [0.717, 1.165) is 55.0 Å². The summed E-state index contributed by atoms with van der Waals surface area (Å²) in [6.07, 6.45) is 3.62. The quantitative estimate of drug-likeness (QED) is 0.265. The molecule has 0 aliphatic carbocycles. The van der Waals surface area contributed by atoms with E-state index in [1.807, 2.05) is 6.92 Å². The highest BCUT2D eigenvalue weighted by Crippen LogP contribution is 2.29. The van der Waals surface area contributed by atoms with Crippen LogP contribution in [-0.4, -0.2) is 45.8 Å². The Kier molecular flexibility index (Phi) is 9.32. The fraction of sp³-hybridized carbons (Fsp3) is 0.444. The smallest absolute Gasteiger partial charge is 0.191 e. The summed E-state index contributed by atoms with van der Waals surface area (Å²) < 4.78 is 2.06. The molecular formula is C18H26IN7S2. The minimum Gasteiger partial charge on any atom is -0.356 e. The van der Waals surface area contributed by atoms with Crippen molar-refractivity contribution >= 4 is 52.6 Å². The van der Waals surface area contributed by atoms with Crippen molar-refractivity contribution < 1.29 is 0 Å². The maximum Gasteiger partial charge on any atom is 0.191 e. The summed E-state index contributed by atoms with van der Waals surface area (Å²) in [6, 6.07) is 4.34. The standard InChI is InChI=1S/C18H25N7S2.HI/c1-4-17-24-22-12-25(17)10-9-21-18(19-3)20-8-7-14-5-6-16(27-14)15-11-26-13(2)23-15;/h5-6,11-12H,4,7-10H2,1-3H3,(H2,19,20,21);1H. The number of nitrogens with one attached hydrogen (secondary N) is 2. The number of thiophene rings is 1. The highest BCUT2D eigenvalue weighted by molar-refractivity contribution is 14.0. The second-order valence-electron chi connectivity index (χ2n) is 5.99. The van der Waals surface area contributed by atoms with Gasteiger partial charge >= 0.3 is 0 Å². The third-order valence-corrected chi connectivity index (χ3v) is 6.02. The lowest BCUT2D eigenvalue weighted by Gasteiger charge is -2.12. The minimum absolute atomic E-state index is 0. The monoisotopic (exact) mass is 531 g/mol. The molecule has 3 rings (SSSR count). The Morgan fingerprint density at radius 1 is 1.25 bits per heavy atom. The molecule has 0 radical (unpaired) electrons. The SMILES string of the molecule is CCc1nncn1CCNC(=NC)NCCc1ccc(-c2csc(C)n2)s1.I. The third-order valence-electron chi connectivity index (χ3n) is 4.08. The number of aryl methyl sites for hydroxylation is 2. The fourth-order valence-corrected chi connectivity index (χ4v) is 4.34. The molecule has 0 bridgehead atoms. The largest absolute Gasteiger partial charge is 0.356 e. The lowest BCUT2D eigenvalue weighted by atomic mass is 10.3. The van der Waals surface area contributed by atoms with Gasteiger partial charge in [0.15, 0.2) is 5.96 Å². The van der Waals surface area contributed by atoms with Crippen LogP contribution in [-0.2, 0) is 19.4 Å². The summed E-state index contributed by atoms with van der Waals surface area (Å²) in [5, 5.41) is 18.0. The number of aromatic nitrogens is 4. The molecule has 0 saturated carbocycles. The van der Waals surface area contributed by atoms with Crippen molar-refractivity contribution in [2.24, 2.45) is 4.99 Å². The average molecular weight is 531 g/mol. The number of hydrogen-bond donors (Lipinski definition) is 2.